The summed E-state index contributed by atoms with van der Waals surface area (Å²) in [5, 5.41) is 0. The molecule has 2 heterocycles. The molecule has 10 heteroatoms. The zero-order valence-corrected chi connectivity index (χ0v) is 17.5. The number of carbonyl (C=O) groups excluding carboxylic acids is 1. The number of pyridine rings is 1. The molecule has 1 unspecified atom stereocenters. The Balaban J connectivity index is 1.86. The van der Waals surface area contributed by atoms with E-state index in [9.17, 15) is 26.7 Å². The number of alkyl halides is 5. The molecular weight excluding hydrogens is 433 g/mol. The number of halogens is 5. The minimum Gasteiger partial charge on any atom is -0.466 e. The summed E-state index contributed by atoms with van der Waals surface area (Å²) in [6.45, 7) is 3.73. The van der Waals surface area contributed by atoms with Gasteiger partial charge >= 0.3 is 12.1 Å². The second-order valence-corrected chi connectivity index (χ2v) is 7.51. The molecule has 0 radical (unpaired) electrons. The number of esters is 1. The number of aromatic nitrogens is 1. The number of carbonyl (C=O) groups is 1. The lowest BCUT2D eigenvalue weighted by molar-refractivity contribution is -0.143. The molecule has 2 aromatic rings. The lowest BCUT2D eigenvalue weighted by Crippen LogP contribution is -2.54. The van der Waals surface area contributed by atoms with Crippen molar-refractivity contribution in [2.24, 2.45) is 0 Å². The van der Waals surface area contributed by atoms with Crippen LogP contribution >= 0.6 is 0 Å². The molecule has 0 amide bonds. The molecule has 1 aliphatic rings. The van der Waals surface area contributed by atoms with Crippen LogP contribution in [0.4, 0.5) is 27.8 Å². The molecular formula is C22H24F5N3O2. The number of benzene rings is 1. The Morgan fingerprint density at radius 3 is 2.56 bits per heavy atom. The average Bonchev–Trinajstić information content (AvgIpc) is 2.74. The average molecular weight is 457 g/mol. The van der Waals surface area contributed by atoms with Gasteiger partial charge in [-0.25, -0.2) is 13.8 Å². The Hall–Kier alpha value is -2.75. The highest BCUT2D eigenvalue weighted by Crippen LogP contribution is 2.37. The van der Waals surface area contributed by atoms with Crippen molar-refractivity contribution in [1.29, 1.82) is 0 Å². The van der Waals surface area contributed by atoms with Gasteiger partial charge in [-0.05, 0) is 18.6 Å². The van der Waals surface area contributed by atoms with Gasteiger partial charge < -0.3 is 9.64 Å². The SMILES string of the molecule is CCOC(=O)CC1CN(Cc2ccccc2)CCN1c1cc(C(F)F)c(C(F)(F)F)cn1. The van der Waals surface area contributed by atoms with Crippen molar-refractivity contribution in [2.45, 2.75) is 38.5 Å². The fourth-order valence-corrected chi connectivity index (χ4v) is 3.83. The zero-order chi connectivity index (χ0) is 23.3. The normalized spacial score (nSPS) is 17.6. The van der Waals surface area contributed by atoms with E-state index in [0.29, 0.717) is 32.4 Å². The van der Waals surface area contributed by atoms with Crippen molar-refractivity contribution < 1.29 is 31.5 Å². The van der Waals surface area contributed by atoms with Crippen LogP contribution in [0.15, 0.2) is 42.6 Å². The van der Waals surface area contributed by atoms with E-state index in [1.165, 1.54) is 0 Å². The number of rotatable bonds is 7. The van der Waals surface area contributed by atoms with E-state index in [-0.39, 0.29) is 18.8 Å². The molecule has 3 rings (SSSR count). The van der Waals surface area contributed by atoms with Crippen LogP contribution in [0.5, 0.6) is 0 Å². The van der Waals surface area contributed by atoms with E-state index in [1.54, 1.807) is 11.8 Å². The fourth-order valence-electron chi connectivity index (χ4n) is 3.83. The van der Waals surface area contributed by atoms with Crippen LogP contribution in [0.25, 0.3) is 0 Å². The number of piperazine rings is 1. The monoisotopic (exact) mass is 457 g/mol. The smallest absolute Gasteiger partial charge is 0.418 e. The number of hydrogen-bond acceptors (Lipinski definition) is 5. The van der Waals surface area contributed by atoms with Crippen LogP contribution in [0.1, 0.15) is 36.5 Å². The van der Waals surface area contributed by atoms with Gasteiger partial charge in [0.2, 0.25) is 0 Å². The van der Waals surface area contributed by atoms with Gasteiger partial charge in [-0.15, -0.1) is 0 Å². The summed E-state index contributed by atoms with van der Waals surface area (Å²) in [5.74, 6) is -0.480. The lowest BCUT2D eigenvalue weighted by atomic mass is 10.1. The highest BCUT2D eigenvalue weighted by molar-refractivity contribution is 5.71. The summed E-state index contributed by atoms with van der Waals surface area (Å²) in [4.78, 5) is 19.7. The number of hydrogen-bond donors (Lipinski definition) is 0. The van der Waals surface area contributed by atoms with Gasteiger partial charge in [0.1, 0.15) is 5.82 Å². The Bertz CT molecular complexity index is 908. The molecule has 0 saturated carbocycles. The number of ether oxygens (including phenoxy) is 1. The first kappa shape index (κ1) is 23.9. The highest BCUT2D eigenvalue weighted by Gasteiger charge is 2.38. The fraction of sp³-hybridized carbons (Fsp3) is 0.455. The van der Waals surface area contributed by atoms with Crippen molar-refractivity contribution in [3.05, 3.63) is 59.3 Å². The van der Waals surface area contributed by atoms with E-state index < -0.39 is 35.7 Å². The molecule has 0 spiro atoms. The molecule has 0 N–H and O–H groups in total. The molecule has 174 valence electrons. The summed E-state index contributed by atoms with van der Waals surface area (Å²) in [6, 6.07) is 9.97. The first-order chi connectivity index (χ1) is 15.2. The summed E-state index contributed by atoms with van der Waals surface area (Å²) in [5.41, 5.74) is -1.51. The molecule has 1 saturated heterocycles. The summed E-state index contributed by atoms with van der Waals surface area (Å²) >= 11 is 0. The Kier molecular flexibility index (Phi) is 7.65. The van der Waals surface area contributed by atoms with Gasteiger partial charge in [0, 0.05) is 37.9 Å². The minimum atomic E-state index is -4.93. The molecule has 1 fully saturated rings. The molecule has 5 nitrogen and oxygen atoms in total. The molecule has 1 aromatic heterocycles. The molecule has 1 aliphatic heterocycles. The third kappa shape index (κ3) is 5.93. The summed E-state index contributed by atoms with van der Waals surface area (Å²) in [7, 11) is 0. The summed E-state index contributed by atoms with van der Waals surface area (Å²) < 4.78 is 71.2. The van der Waals surface area contributed by atoms with Gasteiger partial charge in [0.25, 0.3) is 6.43 Å². The van der Waals surface area contributed by atoms with Crippen molar-refractivity contribution in [3.63, 3.8) is 0 Å². The van der Waals surface area contributed by atoms with Gasteiger partial charge in [0.05, 0.1) is 24.6 Å². The van der Waals surface area contributed by atoms with E-state index >= 15 is 0 Å². The molecule has 1 atom stereocenters. The van der Waals surface area contributed by atoms with Gasteiger partial charge in [0.15, 0.2) is 0 Å². The maximum atomic E-state index is 13.4. The second-order valence-electron chi connectivity index (χ2n) is 7.51. The second kappa shape index (κ2) is 10.2. The van der Waals surface area contributed by atoms with Crippen LogP contribution in [0.2, 0.25) is 0 Å². The Morgan fingerprint density at radius 1 is 1.22 bits per heavy atom. The molecule has 0 aliphatic carbocycles. The third-order valence-electron chi connectivity index (χ3n) is 5.28. The molecule has 32 heavy (non-hydrogen) atoms. The van der Waals surface area contributed by atoms with Gasteiger partial charge in [-0.3, -0.25) is 9.69 Å². The lowest BCUT2D eigenvalue weighted by Gasteiger charge is -2.42. The topological polar surface area (TPSA) is 45.7 Å². The minimum absolute atomic E-state index is 0.0121. The van der Waals surface area contributed by atoms with Crippen molar-refractivity contribution in [1.82, 2.24) is 9.88 Å². The first-order valence-electron chi connectivity index (χ1n) is 10.2. The zero-order valence-electron chi connectivity index (χ0n) is 17.5. The van der Waals surface area contributed by atoms with Crippen molar-refractivity contribution in [3.8, 4) is 0 Å². The highest BCUT2D eigenvalue weighted by atomic mass is 19.4. The predicted octanol–water partition coefficient (Wildman–Crippen LogP) is 4.68. The van der Waals surface area contributed by atoms with E-state index in [2.05, 4.69) is 9.88 Å². The van der Waals surface area contributed by atoms with Crippen LogP contribution in [-0.2, 0) is 22.3 Å². The predicted molar refractivity (Wildman–Crippen MR) is 108 cm³/mol. The van der Waals surface area contributed by atoms with Gasteiger partial charge in [-0.1, -0.05) is 30.3 Å². The molecule has 0 bridgehead atoms. The van der Waals surface area contributed by atoms with Crippen LogP contribution in [0.3, 0.4) is 0 Å². The van der Waals surface area contributed by atoms with Crippen LogP contribution in [-0.4, -0.2) is 48.1 Å². The quantitative estimate of drug-likeness (QED) is 0.446. The van der Waals surface area contributed by atoms with E-state index in [0.717, 1.165) is 11.6 Å². The standard InChI is InChI=1S/C22H24F5N3O2/c1-2-32-20(31)10-16-14-29(13-15-6-4-3-5-7-15)8-9-30(16)19-11-17(21(23)24)18(12-28-19)22(25,26)27/h3-7,11-12,16,21H,2,8-10,13-14H2,1H3. The van der Waals surface area contributed by atoms with E-state index in [4.69, 9.17) is 4.74 Å². The van der Waals surface area contributed by atoms with Crippen LogP contribution < -0.4 is 4.90 Å². The van der Waals surface area contributed by atoms with E-state index in [1.807, 2.05) is 30.3 Å². The third-order valence-corrected chi connectivity index (χ3v) is 5.28. The van der Waals surface area contributed by atoms with Crippen molar-refractivity contribution >= 4 is 11.8 Å². The number of anilines is 1. The Labute approximate surface area is 182 Å². The molecule has 1 aromatic carbocycles. The first-order valence-corrected chi connectivity index (χ1v) is 10.2. The largest absolute Gasteiger partial charge is 0.466 e. The maximum absolute atomic E-state index is 13.4. The Morgan fingerprint density at radius 2 is 1.94 bits per heavy atom. The van der Waals surface area contributed by atoms with Gasteiger partial charge in [-0.2, -0.15) is 13.2 Å². The number of nitrogens with zero attached hydrogens (tertiary/aromatic N) is 3. The maximum Gasteiger partial charge on any atom is 0.418 e. The van der Waals surface area contributed by atoms with Crippen LogP contribution in [0, 0.1) is 0 Å². The van der Waals surface area contributed by atoms with Crippen molar-refractivity contribution in [2.75, 3.05) is 31.1 Å². The summed E-state index contributed by atoms with van der Waals surface area (Å²) in [6.07, 6.45) is -7.84.